The lowest BCUT2D eigenvalue weighted by molar-refractivity contribution is 0.453. The normalized spacial score (nSPS) is 16.1. The summed E-state index contributed by atoms with van der Waals surface area (Å²) in [5.41, 5.74) is 3.53. The van der Waals surface area contributed by atoms with E-state index in [2.05, 4.69) is 19.6 Å². The summed E-state index contributed by atoms with van der Waals surface area (Å²) in [5.74, 6) is 0.0190. The first-order chi connectivity index (χ1) is 15.5. The van der Waals surface area contributed by atoms with Crippen molar-refractivity contribution in [3.63, 3.8) is 0 Å². The van der Waals surface area contributed by atoms with Crippen LogP contribution in [0.5, 0.6) is 0 Å². The van der Waals surface area contributed by atoms with Gasteiger partial charge < -0.3 is 0 Å². The van der Waals surface area contributed by atoms with Gasteiger partial charge in [-0.25, -0.2) is 8.78 Å². The number of hydrogen-bond acceptors (Lipinski definition) is 0. The van der Waals surface area contributed by atoms with Crippen molar-refractivity contribution in [2.24, 2.45) is 5.92 Å². The molecule has 1 aliphatic carbocycles. The molecule has 0 nitrogen and oxygen atoms in total. The highest BCUT2D eigenvalue weighted by Crippen LogP contribution is 2.37. The highest BCUT2D eigenvalue weighted by molar-refractivity contribution is 6.33. The summed E-state index contributed by atoms with van der Waals surface area (Å²) < 4.78 is 29.9. The van der Waals surface area contributed by atoms with Gasteiger partial charge >= 0.3 is 0 Å². The molecule has 0 heterocycles. The molecule has 0 saturated heterocycles. The molecule has 1 aliphatic rings. The minimum atomic E-state index is -0.371. The zero-order valence-electron chi connectivity index (χ0n) is 19.2. The Balaban J connectivity index is 1.71. The van der Waals surface area contributed by atoms with Crippen molar-refractivity contribution in [2.45, 2.75) is 77.6 Å². The monoisotopic (exact) mass is 456 g/mol. The van der Waals surface area contributed by atoms with Crippen LogP contribution in [-0.4, -0.2) is 0 Å². The highest BCUT2D eigenvalue weighted by Gasteiger charge is 2.19. The summed E-state index contributed by atoms with van der Waals surface area (Å²) in [6.45, 7) is 5.97. The standard InChI is InChI=1S/C29H35ClF2/c1-3-5-7-8-9-11-23-16-19-26(28(30)29(23)32)24-17-18-25(27(31)20-24)22-14-12-21(13-15-22)10-6-4-2/h4,14,16-21H,2-3,5-13,15H2,1H3. The lowest BCUT2D eigenvalue weighted by Gasteiger charge is -2.22. The number of aryl methyl sites for hydroxylation is 1. The van der Waals surface area contributed by atoms with Crippen LogP contribution in [0.1, 0.15) is 82.3 Å². The van der Waals surface area contributed by atoms with E-state index in [0.717, 1.165) is 50.5 Å². The Kier molecular flexibility index (Phi) is 9.53. The average molecular weight is 457 g/mol. The van der Waals surface area contributed by atoms with Crippen molar-refractivity contribution in [1.29, 1.82) is 0 Å². The first kappa shape index (κ1) is 24.7. The van der Waals surface area contributed by atoms with E-state index in [-0.39, 0.29) is 16.7 Å². The van der Waals surface area contributed by atoms with E-state index in [1.165, 1.54) is 25.3 Å². The van der Waals surface area contributed by atoms with Crippen molar-refractivity contribution in [3.8, 4) is 11.1 Å². The fourth-order valence-corrected chi connectivity index (χ4v) is 4.91. The van der Waals surface area contributed by atoms with Gasteiger partial charge in [0.05, 0.1) is 5.02 Å². The maximum atomic E-state index is 15.0. The van der Waals surface area contributed by atoms with Crippen LogP contribution < -0.4 is 0 Å². The minimum absolute atomic E-state index is 0.0881. The Hall–Kier alpha value is -1.93. The van der Waals surface area contributed by atoms with Gasteiger partial charge in [-0.05, 0) is 73.6 Å². The summed E-state index contributed by atoms with van der Waals surface area (Å²) in [6.07, 6.45) is 15.6. The van der Waals surface area contributed by atoms with E-state index in [0.29, 0.717) is 34.6 Å². The van der Waals surface area contributed by atoms with Crippen molar-refractivity contribution >= 4 is 17.2 Å². The topological polar surface area (TPSA) is 0 Å². The van der Waals surface area contributed by atoms with Crippen LogP contribution in [0.15, 0.2) is 49.1 Å². The molecule has 32 heavy (non-hydrogen) atoms. The first-order valence-corrected chi connectivity index (χ1v) is 12.5. The maximum Gasteiger partial charge on any atom is 0.145 e. The van der Waals surface area contributed by atoms with Crippen LogP contribution in [0.2, 0.25) is 5.02 Å². The molecule has 0 aromatic heterocycles. The molecule has 0 saturated carbocycles. The molecular weight excluding hydrogens is 422 g/mol. The van der Waals surface area contributed by atoms with Gasteiger partial charge in [-0.15, -0.1) is 6.58 Å². The van der Waals surface area contributed by atoms with Crippen molar-refractivity contribution in [1.82, 2.24) is 0 Å². The number of allylic oxidation sites excluding steroid dienone is 3. The molecule has 0 spiro atoms. The van der Waals surface area contributed by atoms with E-state index in [1.807, 2.05) is 24.3 Å². The van der Waals surface area contributed by atoms with Crippen LogP contribution in [-0.2, 0) is 6.42 Å². The van der Waals surface area contributed by atoms with Crippen molar-refractivity contribution in [3.05, 3.63) is 76.8 Å². The van der Waals surface area contributed by atoms with Gasteiger partial charge in [-0.3, -0.25) is 0 Å². The highest BCUT2D eigenvalue weighted by atomic mass is 35.5. The molecular formula is C29H35ClF2. The number of rotatable bonds is 11. The van der Waals surface area contributed by atoms with Crippen LogP contribution in [0.4, 0.5) is 8.78 Å². The van der Waals surface area contributed by atoms with Gasteiger partial charge in [0.25, 0.3) is 0 Å². The fourth-order valence-electron chi connectivity index (χ4n) is 4.62. The molecule has 3 rings (SSSR count). The Morgan fingerprint density at radius 3 is 2.53 bits per heavy atom. The predicted octanol–water partition coefficient (Wildman–Crippen LogP) is 9.95. The average Bonchev–Trinajstić information content (AvgIpc) is 2.80. The maximum absolute atomic E-state index is 15.0. The van der Waals surface area contributed by atoms with E-state index in [9.17, 15) is 4.39 Å². The summed E-state index contributed by atoms with van der Waals surface area (Å²) in [6, 6.07) is 8.79. The lowest BCUT2D eigenvalue weighted by atomic mass is 9.84. The SMILES string of the molecule is C=CCCC1CC=C(c2ccc(-c3ccc(CCCCCCC)c(F)c3Cl)cc2F)CC1. The van der Waals surface area contributed by atoms with E-state index < -0.39 is 0 Å². The van der Waals surface area contributed by atoms with E-state index in [4.69, 9.17) is 11.6 Å². The second-order valence-corrected chi connectivity index (χ2v) is 9.37. The molecule has 2 aromatic rings. The van der Waals surface area contributed by atoms with E-state index >= 15 is 4.39 Å². The quantitative estimate of drug-likeness (QED) is 0.233. The second kappa shape index (κ2) is 12.3. The molecule has 0 aliphatic heterocycles. The van der Waals surface area contributed by atoms with E-state index in [1.54, 1.807) is 6.07 Å². The van der Waals surface area contributed by atoms with Gasteiger partial charge in [-0.1, -0.05) is 80.6 Å². The third-order valence-corrected chi connectivity index (χ3v) is 7.01. The second-order valence-electron chi connectivity index (χ2n) is 8.99. The molecule has 1 unspecified atom stereocenters. The van der Waals surface area contributed by atoms with Gasteiger partial charge in [0.1, 0.15) is 11.6 Å². The van der Waals surface area contributed by atoms with Crippen LogP contribution in [0, 0.1) is 17.6 Å². The molecule has 0 bridgehead atoms. The van der Waals surface area contributed by atoms with Gasteiger partial charge in [0.15, 0.2) is 0 Å². The van der Waals surface area contributed by atoms with Crippen LogP contribution in [0.3, 0.4) is 0 Å². The largest absolute Gasteiger partial charge is 0.206 e. The number of unbranched alkanes of at least 4 members (excludes halogenated alkanes) is 4. The van der Waals surface area contributed by atoms with Gasteiger partial charge in [-0.2, -0.15) is 0 Å². The number of benzene rings is 2. The Morgan fingerprint density at radius 2 is 1.84 bits per heavy atom. The Bertz CT molecular complexity index is 944. The zero-order valence-corrected chi connectivity index (χ0v) is 20.0. The van der Waals surface area contributed by atoms with Crippen molar-refractivity contribution in [2.75, 3.05) is 0 Å². The Morgan fingerprint density at radius 1 is 1.06 bits per heavy atom. The Labute approximate surface area is 197 Å². The summed E-state index contributed by atoms with van der Waals surface area (Å²) in [7, 11) is 0. The zero-order chi connectivity index (χ0) is 22.9. The number of hydrogen-bond donors (Lipinski definition) is 0. The number of halogens is 3. The van der Waals surface area contributed by atoms with Gasteiger partial charge in [0.2, 0.25) is 0 Å². The third-order valence-electron chi connectivity index (χ3n) is 6.64. The van der Waals surface area contributed by atoms with Gasteiger partial charge in [0, 0.05) is 11.1 Å². The predicted molar refractivity (Wildman–Crippen MR) is 134 cm³/mol. The lowest BCUT2D eigenvalue weighted by Crippen LogP contribution is -2.06. The molecule has 0 fully saturated rings. The van der Waals surface area contributed by atoms with Crippen LogP contribution in [0.25, 0.3) is 16.7 Å². The molecule has 0 radical (unpaired) electrons. The molecule has 1 atom stereocenters. The van der Waals surface area contributed by atoms with Crippen molar-refractivity contribution < 1.29 is 8.78 Å². The third kappa shape index (κ3) is 6.32. The summed E-state index contributed by atoms with van der Waals surface area (Å²) in [5, 5.41) is 0.0881. The van der Waals surface area contributed by atoms with Crippen LogP contribution >= 0.6 is 11.6 Å². The smallest absolute Gasteiger partial charge is 0.145 e. The first-order valence-electron chi connectivity index (χ1n) is 12.1. The molecule has 172 valence electrons. The molecule has 0 N–H and O–H groups in total. The minimum Gasteiger partial charge on any atom is -0.206 e. The molecule has 3 heteroatoms. The molecule has 0 amide bonds. The summed E-state index contributed by atoms with van der Waals surface area (Å²) >= 11 is 6.38. The fraction of sp³-hybridized carbons (Fsp3) is 0.448. The summed E-state index contributed by atoms with van der Waals surface area (Å²) in [4.78, 5) is 0. The molecule has 2 aromatic carbocycles.